The van der Waals surface area contributed by atoms with E-state index in [0.29, 0.717) is 24.3 Å². The molecule has 0 heterocycles. The molecule has 1 aromatic carbocycles. The van der Waals surface area contributed by atoms with Gasteiger partial charge in [0.25, 0.3) is 5.91 Å². The molecule has 0 bridgehead atoms. The second-order valence-corrected chi connectivity index (χ2v) is 4.26. The van der Waals surface area contributed by atoms with E-state index >= 15 is 0 Å². The van der Waals surface area contributed by atoms with Crippen molar-refractivity contribution in [3.05, 3.63) is 28.2 Å². The van der Waals surface area contributed by atoms with E-state index in [-0.39, 0.29) is 12.5 Å². The molecule has 4 nitrogen and oxygen atoms in total. The normalized spacial score (nSPS) is 10.2. The summed E-state index contributed by atoms with van der Waals surface area (Å²) in [7, 11) is 0. The van der Waals surface area contributed by atoms with Gasteiger partial charge >= 0.3 is 0 Å². The molecule has 0 fully saturated rings. The number of likely N-dealkylation sites (N-methyl/N-ethyl adjacent to an activating group) is 1. The van der Waals surface area contributed by atoms with Gasteiger partial charge < -0.3 is 15.7 Å². The standard InChI is InChI=1S/C11H15BrN2O2/c1-2-14(5-6-15)11(16)9-4-3-8(12)7-10(9)13/h3-4,7,15H,2,5-6,13H2,1H3. The molecule has 0 saturated carbocycles. The van der Waals surface area contributed by atoms with E-state index in [4.69, 9.17) is 10.8 Å². The number of aliphatic hydroxyl groups excluding tert-OH is 1. The molecule has 0 aliphatic heterocycles. The number of carbonyl (C=O) groups excluding carboxylic acids is 1. The van der Waals surface area contributed by atoms with Crippen molar-refractivity contribution in [2.24, 2.45) is 0 Å². The predicted molar refractivity (Wildman–Crippen MR) is 67.2 cm³/mol. The van der Waals surface area contributed by atoms with E-state index in [0.717, 1.165) is 4.47 Å². The summed E-state index contributed by atoms with van der Waals surface area (Å²) >= 11 is 3.29. The first kappa shape index (κ1) is 13.0. The van der Waals surface area contributed by atoms with Crippen LogP contribution < -0.4 is 5.73 Å². The summed E-state index contributed by atoms with van der Waals surface area (Å²) in [6.45, 7) is 2.69. The third-order valence-electron chi connectivity index (χ3n) is 2.28. The maximum atomic E-state index is 12.0. The lowest BCUT2D eigenvalue weighted by molar-refractivity contribution is 0.0733. The largest absolute Gasteiger partial charge is 0.398 e. The molecule has 0 spiro atoms. The molecule has 1 amide bonds. The van der Waals surface area contributed by atoms with Gasteiger partial charge in [0.15, 0.2) is 0 Å². The predicted octanol–water partition coefficient (Wildman–Crippen LogP) is 1.49. The van der Waals surface area contributed by atoms with E-state index < -0.39 is 0 Å². The van der Waals surface area contributed by atoms with Crippen LogP contribution in [0.5, 0.6) is 0 Å². The maximum absolute atomic E-state index is 12.0. The molecule has 88 valence electrons. The van der Waals surface area contributed by atoms with Gasteiger partial charge in [0.2, 0.25) is 0 Å². The highest BCUT2D eigenvalue weighted by Gasteiger charge is 2.16. The topological polar surface area (TPSA) is 66.6 Å². The molecule has 5 heteroatoms. The first-order valence-electron chi connectivity index (χ1n) is 5.05. The number of halogens is 1. The lowest BCUT2D eigenvalue weighted by Crippen LogP contribution is -2.33. The average Bonchev–Trinajstić information content (AvgIpc) is 2.25. The quantitative estimate of drug-likeness (QED) is 0.824. The fourth-order valence-electron chi connectivity index (χ4n) is 1.42. The number of aliphatic hydroxyl groups is 1. The molecule has 1 aromatic rings. The van der Waals surface area contributed by atoms with Crippen molar-refractivity contribution in [2.75, 3.05) is 25.4 Å². The Bertz CT molecular complexity index is 382. The molecule has 0 aliphatic carbocycles. The Morgan fingerprint density at radius 2 is 2.25 bits per heavy atom. The van der Waals surface area contributed by atoms with Crippen molar-refractivity contribution >= 4 is 27.5 Å². The Labute approximate surface area is 103 Å². The minimum Gasteiger partial charge on any atom is -0.398 e. The van der Waals surface area contributed by atoms with Crippen LogP contribution in [0.2, 0.25) is 0 Å². The summed E-state index contributed by atoms with van der Waals surface area (Å²) in [5, 5.41) is 8.84. The third-order valence-corrected chi connectivity index (χ3v) is 2.78. The number of rotatable bonds is 4. The van der Waals surface area contributed by atoms with Gasteiger partial charge in [0.1, 0.15) is 0 Å². The molecule has 0 atom stereocenters. The minimum absolute atomic E-state index is 0.0456. The van der Waals surface area contributed by atoms with Crippen LogP contribution in [0.3, 0.4) is 0 Å². The van der Waals surface area contributed by atoms with Gasteiger partial charge in [-0.15, -0.1) is 0 Å². The Kier molecular flexibility index (Phi) is 4.76. The number of hydrogen-bond acceptors (Lipinski definition) is 3. The Morgan fingerprint density at radius 1 is 1.56 bits per heavy atom. The molecule has 1 rings (SSSR count). The average molecular weight is 287 g/mol. The summed E-state index contributed by atoms with van der Waals surface area (Å²) in [4.78, 5) is 13.6. The number of benzene rings is 1. The zero-order valence-electron chi connectivity index (χ0n) is 9.11. The monoisotopic (exact) mass is 286 g/mol. The number of anilines is 1. The summed E-state index contributed by atoms with van der Waals surface area (Å²) in [6, 6.07) is 5.15. The third kappa shape index (κ3) is 2.96. The summed E-state index contributed by atoms with van der Waals surface area (Å²) in [5.41, 5.74) is 6.68. The van der Waals surface area contributed by atoms with E-state index in [1.54, 1.807) is 23.1 Å². The van der Waals surface area contributed by atoms with E-state index in [1.165, 1.54) is 0 Å². The number of nitrogen functional groups attached to an aromatic ring is 1. The molecule has 0 aliphatic rings. The van der Waals surface area contributed by atoms with Gasteiger partial charge in [-0.1, -0.05) is 15.9 Å². The van der Waals surface area contributed by atoms with Crippen molar-refractivity contribution in [1.82, 2.24) is 4.90 Å². The molecule has 0 saturated heterocycles. The van der Waals surface area contributed by atoms with Gasteiger partial charge in [0, 0.05) is 23.2 Å². The molecule has 16 heavy (non-hydrogen) atoms. The van der Waals surface area contributed by atoms with Crippen molar-refractivity contribution < 1.29 is 9.90 Å². The van der Waals surface area contributed by atoms with E-state index in [1.807, 2.05) is 6.92 Å². The number of nitrogens with zero attached hydrogens (tertiary/aromatic N) is 1. The SMILES string of the molecule is CCN(CCO)C(=O)c1ccc(Br)cc1N. The lowest BCUT2D eigenvalue weighted by atomic mass is 10.1. The number of hydrogen-bond donors (Lipinski definition) is 2. The summed E-state index contributed by atoms with van der Waals surface area (Å²) in [6.07, 6.45) is 0. The van der Waals surface area contributed by atoms with Crippen LogP contribution in [0, 0.1) is 0 Å². The first-order valence-corrected chi connectivity index (χ1v) is 5.84. The van der Waals surface area contributed by atoms with Gasteiger partial charge in [-0.05, 0) is 25.1 Å². The van der Waals surface area contributed by atoms with Crippen molar-refractivity contribution in [1.29, 1.82) is 0 Å². The van der Waals surface area contributed by atoms with Crippen molar-refractivity contribution in [3.63, 3.8) is 0 Å². The molecule has 0 radical (unpaired) electrons. The van der Waals surface area contributed by atoms with Gasteiger partial charge in [0.05, 0.1) is 12.2 Å². The zero-order valence-corrected chi connectivity index (χ0v) is 10.7. The maximum Gasteiger partial charge on any atom is 0.256 e. The highest BCUT2D eigenvalue weighted by atomic mass is 79.9. The number of nitrogens with two attached hydrogens (primary N) is 1. The highest BCUT2D eigenvalue weighted by molar-refractivity contribution is 9.10. The molecular formula is C11H15BrN2O2. The van der Waals surface area contributed by atoms with Crippen LogP contribution in [-0.2, 0) is 0 Å². The van der Waals surface area contributed by atoms with Crippen LogP contribution >= 0.6 is 15.9 Å². The molecule has 0 unspecified atom stereocenters. The van der Waals surface area contributed by atoms with Crippen LogP contribution in [0.4, 0.5) is 5.69 Å². The number of amides is 1. The van der Waals surface area contributed by atoms with Gasteiger partial charge in [-0.3, -0.25) is 4.79 Å². The van der Waals surface area contributed by atoms with Gasteiger partial charge in [-0.2, -0.15) is 0 Å². The van der Waals surface area contributed by atoms with Crippen LogP contribution in [0.15, 0.2) is 22.7 Å². The minimum atomic E-state index is -0.151. The van der Waals surface area contributed by atoms with Crippen molar-refractivity contribution in [2.45, 2.75) is 6.92 Å². The smallest absolute Gasteiger partial charge is 0.256 e. The molecular weight excluding hydrogens is 272 g/mol. The van der Waals surface area contributed by atoms with Crippen LogP contribution in [0.1, 0.15) is 17.3 Å². The van der Waals surface area contributed by atoms with Crippen LogP contribution in [0.25, 0.3) is 0 Å². The van der Waals surface area contributed by atoms with E-state index in [9.17, 15) is 4.79 Å². The van der Waals surface area contributed by atoms with E-state index in [2.05, 4.69) is 15.9 Å². The van der Waals surface area contributed by atoms with Crippen LogP contribution in [-0.4, -0.2) is 35.6 Å². The second-order valence-electron chi connectivity index (χ2n) is 3.34. The molecule has 0 aromatic heterocycles. The summed E-state index contributed by atoms with van der Waals surface area (Å²) < 4.78 is 0.840. The highest BCUT2D eigenvalue weighted by Crippen LogP contribution is 2.19. The summed E-state index contributed by atoms with van der Waals surface area (Å²) in [5.74, 6) is -0.151. The Hall–Kier alpha value is -1.07. The number of carbonyl (C=O) groups is 1. The fraction of sp³-hybridized carbons (Fsp3) is 0.364. The lowest BCUT2D eigenvalue weighted by Gasteiger charge is -2.20. The Morgan fingerprint density at radius 3 is 2.75 bits per heavy atom. The first-order chi connectivity index (χ1) is 7.60. The second kappa shape index (κ2) is 5.86. The Balaban J connectivity index is 2.94. The zero-order chi connectivity index (χ0) is 12.1. The fourth-order valence-corrected chi connectivity index (χ4v) is 1.80. The van der Waals surface area contributed by atoms with Crippen molar-refractivity contribution in [3.8, 4) is 0 Å². The molecule has 3 N–H and O–H groups in total. The van der Waals surface area contributed by atoms with Gasteiger partial charge in [-0.25, -0.2) is 0 Å².